The Morgan fingerprint density at radius 2 is 0.746 bits per heavy atom. The second-order valence-corrected chi connectivity index (χ2v) is 16.2. The lowest BCUT2D eigenvalue weighted by Gasteiger charge is -2.11. The molecule has 0 N–H and O–H groups in total. The topological polar surface area (TPSA) is 40.6 Å². The summed E-state index contributed by atoms with van der Waals surface area (Å²) in [6, 6.07) is 80.3. The molecule has 0 fully saturated rings. The number of nitrogens with zero attached hydrogens (tertiary/aromatic N) is 5. The summed E-state index contributed by atoms with van der Waals surface area (Å²) < 4.78 is 7.08. The van der Waals surface area contributed by atoms with E-state index in [0.717, 1.165) is 72.5 Å². The van der Waals surface area contributed by atoms with Gasteiger partial charge in [0.05, 0.1) is 38.7 Å². The maximum Gasteiger partial charge on any atom is 0.162 e. The largest absolute Gasteiger partial charge is 0.309 e. The van der Waals surface area contributed by atoms with Crippen molar-refractivity contribution >= 4 is 65.5 Å². The van der Waals surface area contributed by atoms with Crippen LogP contribution < -0.4 is 0 Å². The third-order valence-electron chi connectivity index (χ3n) is 12.6. The minimum atomic E-state index is 0.692. The van der Waals surface area contributed by atoms with Gasteiger partial charge in [0.15, 0.2) is 5.82 Å². The molecule has 0 saturated heterocycles. The second-order valence-electron chi connectivity index (χ2n) is 16.2. The maximum atomic E-state index is 5.41. The molecule has 0 atom stereocenters. The SMILES string of the molecule is c1ccc(-c2nc(-c3cccc(-c4ccc5c(c4)c4cc(-n6c7ccccc7c7ccccc76)ccc4n5-c4ccccc4)c3)c3c4ccccc4n(-c4ccccc4)c3n2)cc1. The van der Waals surface area contributed by atoms with Crippen LogP contribution in [0.25, 0.3) is 116 Å². The lowest BCUT2D eigenvalue weighted by molar-refractivity contribution is 1.11. The Hall–Kier alpha value is -8.54. The highest BCUT2D eigenvalue weighted by molar-refractivity contribution is 6.15. The molecular weight excluding hydrogens is 767 g/mol. The van der Waals surface area contributed by atoms with E-state index in [1.54, 1.807) is 0 Å². The molecule has 9 aromatic carbocycles. The first kappa shape index (κ1) is 35.2. The zero-order valence-corrected chi connectivity index (χ0v) is 34.1. The van der Waals surface area contributed by atoms with Gasteiger partial charge in [-0.3, -0.25) is 4.57 Å². The van der Waals surface area contributed by atoms with Gasteiger partial charge in [-0.2, -0.15) is 0 Å². The van der Waals surface area contributed by atoms with Crippen LogP contribution in [0.5, 0.6) is 0 Å². The standard InChI is InChI=1S/C58H37N5/c1-4-17-38(18-5-1)57-59-56(55-47-27-12-15-30-52(47)63(58(55)60-57)43-23-8-3-9-24-43)41-20-16-19-39(35-41)40-31-33-53-48(36-40)49-37-44(32-34-54(49)61(53)42-21-6-2-7-22-42)62-50-28-13-10-25-45(50)46-26-11-14-29-51(46)62/h1-37H. The summed E-state index contributed by atoms with van der Waals surface area (Å²) in [6.45, 7) is 0. The van der Waals surface area contributed by atoms with Gasteiger partial charge in [-0.05, 0) is 90.0 Å². The average Bonchev–Trinajstić information content (AvgIpc) is 4.00. The highest BCUT2D eigenvalue weighted by Gasteiger charge is 2.22. The van der Waals surface area contributed by atoms with Gasteiger partial charge in [0, 0.05) is 55.1 Å². The van der Waals surface area contributed by atoms with Crippen molar-refractivity contribution in [2.75, 3.05) is 0 Å². The zero-order chi connectivity index (χ0) is 41.4. The minimum Gasteiger partial charge on any atom is -0.309 e. The Balaban J connectivity index is 1.03. The van der Waals surface area contributed by atoms with Crippen LogP contribution in [0.3, 0.4) is 0 Å². The highest BCUT2D eigenvalue weighted by Crippen LogP contribution is 2.41. The van der Waals surface area contributed by atoms with Crippen molar-refractivity contribution < 1.29 is 0 Å². The molecule has 4 aromatic heterocycles. The number of rotatable bonds is 6. The van der Waals surface area contributed by atoms with E-state index in [0.29, 0.717) is 5.82 Å². The Labute approximate surface area is 363 Å². The number of hydrogen-bond acceptors (Lipinski definition) is 2. The van der Waals surface area contributed by atoms with E-state index in [-0.39, 0.29) is 0 Å². The van der Waals surface area contributed by atoms with Crippen molar-refractivity contribution in [3.8, 4) is 50.8 Å². The van der Waals surface area contributed by atoms with Crippen LogP contribution in [0.4, 0.5) is 0 Å². The Bertz CT molecular complexity index is 3840. The molecule has 5 heteroatoms. The van der Waals surface area contributed by atoms with Gasteiger partial charge in [0.2, 0.25) is 0 Å². The molecule has 13 rings (SSSR count). The van der Waals surface area contributed by atoms with Gasteiger partial charge in [0.1, 0.15) is 5.65 Å². The van der Waals surface area contributed by atoms with E-state index in [9.17, 15) is 0 Å². The van der Waals surface area contributed by atoms with Gasteiger partial charge in [-0.25, -0.2) is 9.97 Å². The molecule has 4 heterocycles. The van der Waals surface area contributed by atoms with Gasteiger partial charge in [-0.15, -0.1) is 0 Å². The van der Waals surface area contributed by atoms with Crippen molar-refractivity contribution in [2.45, 2.75) is 0 Å². The molecule has 0 unspecified atom stereocenters. The fourth-order valence-electron chi connectivity index (χ4n) is 9.85. The molecule has 0 radical (unpaired) electrons. The molecule has 0 aliphatic heterocycles. The molecule has 0 aliphatic rings. The van der Waals surface area contributed by atoms with Crippen LogP contribution in [0.2, 0.25) is 0 Å². The Kier molecular flexibility index (Phi) is 7.84. The lowest BCUT2D eigenvalue weighted by Crippen LogP contribution is -1.99. The van der Waals surface area contributed by atoms with Crippen LogP contribution in [-0.2, 0) is 0 Å². The molecule has 0 bridgehead atoms. The number of hydrogen-bond donors (Lipinski definition) is 0. The summed E-state index contributed by atoms with van der Waals surface area (Å²) in [6.07, 6.45) is 0. The van der Waals surface area contributed by atoms with Gasteiger partial charge < -0.3 is 9.13 Å². The summed E-state index contributed by atoms with van der Waals surface area (Å²) in [5, 5.41) is 7.05. The maximum absolute atomic E-state index is 5.41. The number of aromatic nitrogens is 5. The third-order valence-corrected chi connectivity index (χ3v) is 12.6. The van der Waals surface area contributed by atoms with Crippen LogP contribution in [0.15, 0.2) is 224 Å². The first-order valence-corrected chi connectivity index (χ1v) is 21.4. The van der Waals surface area contributed by atoms with E-state index < -0.39 is 0 Å². The molecule has 63 heavy (non-hydrogen) atoms. The molecule has 0 amide bonds. The summed E-state index contributed by atoms with van der Waals surface area (Å²) in [5.74, 6) is 0.692. The van der Waals surface area contributed by atoms with E-state index in [4.69, 9.17) is 9.97 Å². The van der Waals surface area contributed by atoms with E-state index in [2.05, 4.69) is 220 Å². The highest BCUT2D eigenvalue weighted by atomic mass is 15.1. The number of fused-ring (bicyclic) bond motifs is 9. The van der Waals surface area contributed by atoms with Crippen molar-refractivity contribution in [2.24, 2.45) is 0 Å². The fraction of sp³-hybridized carbons (Fsp3) is 0. The van der Waals surface area contributed by atoms with Gasteiger partial charge >= 0.3 is 0 Å². The predicted molar refractivity (Wildman–Crippen MR) is 261 cm³/mol. The van der Waals surface area contributed by atoms with Crippen molar-refractivity contribution in [1.82, 2.24) is 23.7 Å². The van der Waals surface area contributed by atoms with Gasteiger partial charge in [0.25, 0.3) is 0 Å². The molecule has 5 nitrogen and oxygen atoms in total. The normalized spacial score (nSPS) is 11.8. The van der Waals surface area contributed by atoms with E-state index in [1.165, 1.54) is 38.1 Å². The molecule has 294 valence electrons. The van der Waals surface area contributed by atoms with Crippen LogP contribution >= 0.6 is 0 Å². The summed E-state index contributed by atoms with van der Waals surface area (Å²) in [4.78, 5) is 10.7. The third kappa shape index (κ3) is 5.50. The fourth-order valence-corrected chi connectivity index (χ4v) is 9.85. The Morgan fingerprint density at radius 3 is 1.43 bits per heavy atom. The molecular formula is C58H37N5. The lowest BCUT2D eigenvalue weighted by atomic mass is 9.98. The quantitative estimate of drug-likeness (QED) is 0.168. The average molecular weight is 804 g/mol. The smallest absolute Gasteiger partial charge is 0.162 e. The van der Waals surface area contributed by atoms with Crippen LogP contribution in [-0.4, -0.2) is 23.7 Å². The summed E-state index contributed by atoms with van der Waals surface area (Å²) >= 11 is 0. The second kappa shape index (κ2) is 14.0. The number of benzene rings is 9. The predicted octanol–water partition coefficient (Wildman–Crippen LogP) is 14.8. The molecule has 13 aromatic rings. The van der Waals surface area contributed by atoms with Crippen LogP contribution in [0.1, 0.15) is 0 Å². The van der Waals surface area contributed by atoms with E-state index >= 15 is 0 Å². The Morgan fingerprint density at radius 1 is 0.270 bits per heavy atom. The summed E-state index contributed by atoms with van der Waals surface area (Å²) in [5.41, 5.74) is 15.2. The van der Waals surface area contributed by atoms with E-state index in [1.807, 2.05) is 18.2 Å². The number of para-hydroxylation sites is 5. The van der Waals surface area contributed by atoms with Crippen molar-refractivity contribution in [3.05, 3.63) is 224 Å². The van der Waals surface area contributed by atoms with Crippen LogP contribution in [0, 0.1) is 0 Å². The molecule has 0 saturated carbocycles. The van der Waals surface area contributed by atoms with Crippen molar-refractivity contribution in [3.63, 3.8) is 0 Å². The van der Waals surface area contributed by atoms with Gasteiger partial charge in [-0.1, -0.05) is 146 Å². The first-order valence-electron chi connectivity index (χ1n) is 21.4. The monoisotopic (exact) mass is 803 g/mol. The molecule has 0 spiro atoms. The minimum absolute atomic E-state index is 0.692. The zero-order valence-electron chi connectivity index (χ0n) is 34.1. The molecule has 0 aliphatic carbocycles. The van der Waals surface area contributed by atoms with Crippen molar-refractivity contribution in [1.29, 1.82) is 0 Å². The summed E-state index contributed by atoms with van der Waals surface area (Å²) in [7, 11) is 0. The first-order chi connectivity index (χ1) is 31.3.